The molecule has 2 rings (SSSR count). The number of ether oxygens (including phenoxy) is 1. The third-order valence-corrected chi connectivity index (χ3v) is 3.80. The van der Waals surface area contributed by atoms with E-state index >= 15 is 0 Å². The van der Waals surface area contributed by atoms with Crippen molar-refractivity contribution in [3.8, 4) is 0 Å². The summed E-state index contributed by atoms with van der Waals surface area (Å²) in [6.07, 6.45) is 6.95. The summed E-state index contributed by atoms with van der Waals surface area (Å²) in [5, 5.41) is 4.32. The monoisotopic (exact) mass is 226 g/mol. The van der Waals surface area contributed by atoms with Crippen LogP contribution >= 0.6 is 11.3 Å². The van der Waals surface area contributed by atoms with Gasteiger partial charge < -0.3 is 10.1 Å². The van der Waals surface area contributed by atoms with Crippen LogP contribution in [0.2, 0.25) is 0 Å². The van der Waals surface area contributed by atoms with E-state index in [2.05, 4.69) is 10.3 Å². The van der Waals surface area contributed by atoms with E-state index < -0.39 is 0 Å². The Labute approximate surface area is 94.9 Å². The number of likely N-dealkylation sites (N-methyl/N-ethyl adjacent to an activating group) is 1. The predicted octanol–water partition coefficient (Wildman–Crippen LogP) is 2.15. The molecular weight excluding hydrogens is 208 g/mol. The van der Waals surface area contributed by atoms with Gasteiger partial charge in [-0.1, -0.05) is 0 Å². The molecule has 3 nitrogen and oxygen atoms in total. The minimum Gasteiger partial charge on any atom is -0.371 e. The number of aromatic nitrogens is 1. The van der Waals surface area contributed by atoms with Crippen LogP contribution in [-0.2, 0) is 11.2 Å². The molecule has 0 amide bonds. The van der Waals surface area contributed by atoms with E-state index in [1.54, 1.807) is 11.3 Å². The molecule has 1 aliphatic heterocycles. The van der Waals surface area contributed by atoms with E-state index in [1.165, 1.54) is 22.7 Å². The number of hydrogen-bond acceptors (Lipinski definition) is 4. The van der Waals surface area contributed by atoms with Crippen molar-refractivity contribution in [2.75, 3.05) is 20.2 Å². The lowest BCUT2D eigenvalue weighted by Gasteiger charge is -2.20. The first kappa shape index (κ1) is 11.0. The third-order valence-electron chi connectivity index (χ3n) is 2.65. The first-order chi connectivity index (χ1) is 7.40. The zero-order valence-corrected chi connectivity index (χ0v) is 9.98. The highest BCUT2D eigenvalue weighted by atomic mass is 32.1. The van der Waals surface area contributed by atoms with Gasteiger partial charge in [0, 0.05) is 17.7 Å². The topological polar surface area (TPSA) is 34.2 Å². The van der Waals surface area contributed by atoms with Gasteiger partial charge in [-0.15, -0.1) is 11.3 Å². The van der Waals surface area contributed by atoms with Gasteiger partial charge in [0.15, 0.2) is 0 Å². The first-order valence-corrected chi connectivity index (χ1v) is 6.42. The molecule has 0 radical (unpaired) electrons. The highest BCUT2D eigenvalue weighted by molar-refractivity contribution is 7.11. The maximum atomic E-state index is 5.71. The van der Waals surface area contributed by atoms with E-state index in [0.717, 1.165) is 26.0 Å². The maximum Gasteiger partial charge on any atom is 0.122 e. The summed E-state index contributed by atoms with van der Waals surface area (Å²) in [5.41, 5.74) is 0. The molecule has 1 fully saturated rings. The van der Waals surface area contributed by atoms with Crippen molar-refractivity contribution in [2.45, 2.75) is 31.8 Å². The van der Waals surface area contributed by atoms with E-state index in [-0.39, 0.29) is 6.10 Å². The van der Waals surface area contributed by atoms with Crippen molar-refractivity contribution < 1.29 is 4.74 Å². The van der Waals surface area contributed by atoms with Gasteiger partial charge in [0.2, 0.25) is 0 Å². The van der Waals surface area contributed by atoms with Crippen molar-refractivity contribution in [3.63, 3.8) is 0 Å². The molecule has 1 atom stereocenters. The van der Waals surface area contributed by atoms with Gasteiger partial charge in [-0.05, 0) is 39.3 Å². The molecule has 1 aliphatic rings. The van der Waals surface area contributed by atoms with Gasteiger partial charge in [0.05, 0.1) is 0 Å². The Bertz CT molecular complexity index is 295. The second-order valence-corrected chi connectivity index (χ2v) is 5.02. The maximum absolute atomic E-state index is 5.71. The van der Waals surface area contributed by atoms with E-state index in [1.807, 2.05) is 13.2 Å². The van der Waals surface area contributed by atoms with Gasteiger partial charge in [0.1, 0.15) is 11.1 Å². The molecule has 4 heteroatoms. The van der Waals surface area contributed by atoms with Crippen LogP contribution in [0.1, 0.15) is 35.3 Å². The molecule has 1 aromatic rings. The van der Waals surface area contributed by atoms with Crippen molar-refractivity contribution in [3.05, 3.63) is 16.1 Å². The molecular formula is C11H18N2OS. The van der Waals surface area contributed by atoms with Crippen LogP contribution in [0, 0.1) is 0 Å². The Morgan fingerprint density at radius 2 is 2.53 bits per heavy atom. The molecule has 1 saturated heterocycles. The molecule has 84 valence electrons. The second-order valence-electron chi connectivity index (χ2n) is 3.87. The number of rotatable bonds is 4. The highest BCUT2D eigenvalue weighted by Crippen LogP contribution is 2.30. The predicted molar refractivity (Wildman–Crippen MR) is 62.3 cm³/mol. The average Bonchev–Trinajstić information content (AvgIpc) is 2.76. The van der Waals surface area contributed by atoms with Crippen LogP contribution in [0.15, 0.2) is 6.20 Å². The summed E-state index contributed by atoms with van der Waals surface area (Å²) >= 11 is 1.80. The lowest BCUT2D eigenvalue weighted by atomic mass is 10.1. The van der Waals surface area contributed by atoms with Crippen LogP contribution in [0.5, 0.6) is 0 Å². The summed E-state index contributed by atoms with van der Waals surface area (Å²) in [5.74, 6) is 0. The lowest BCUT2D eigenvalue weighted by Crippen LogP contribution is -2.11. The quantitative estimate of drug-likeness (QED) is 0.854. The van der Waals surface area contributed by atoms with Gasteiger partial charge >= 0.3 is 0 Å². The minimum absolute atomic E-state index is 0.270. The summed E-state index contributed by atoms with van der Waals surface area (Å²) in [4.78, 5) is 5.81. The first-order valence-electron chi connectivity index (χ1n) is 5.61. The average molecular weight is 226 g/mol. The van der Waals surface area contributed by atoms with Crippen LogP contribution in [0.4, 0.5) is 0 Å². The van der Waals surface area contributed by atoms with Gasteiger partial charge in [-0.25, -0.2) is 4.98 Å². The third kappa shape index (κ3) is 3.00. The summed E-state index contributed by atoms with van der Waals surface area (Å²) in [6.45, 7) is 1.92. The Balaban J connectivity index is 1.93. The molecule has 0 bridgehead atoms. The Hall–Kier alpha value is -0.450. The number of nitrogens with one attached hydrogen (secondary N) is 1. The molecule has 0 saturated carbocycles. The molecule has 0 aromatic carbocycles. The molecule has 0 aliphatic carbocycles. The van der Waals surface area contributed by atoms with Gasteiger partial charge in [0.25, 0.3) is 0 Å². The second kappa shape index (κ2) is 5.58. The summed E-state index contributed by atoms with van der Waals surface area (Å²) in [6, 6.07) is 0. The lowest BCUT2D eigenvalue weighted by molar-refractivity contribution is 0.0148. The summed E-state index contributed by atoms with van der Waals surface area (Å²) < 4.78 is 5.71. The van der Waals surface area contributed by atoms with Crippen molar-refractivity contribution in [1.29, 1.82) is 0 Å². The van der Waals surface area contributed by atoms with Crippen molar-refractivity contribution in [1.82, 2.24) is 10.3 Å². The molecule has 1 aromatic heterocycles. The van der Waals surface area contributed by atoms with E-state index in [0.29, 0.717) is 0 Å². The van der Waals surface area contributed by atoms with Crippen LogP contribution in [-0.4, -0.2) is 25.2 Å². The standard InChI is InChI=1S/C11H18N2OS/c1-12-6-5-9-8-13-11(15-9)10-4-2-3-7-14-10/h8,10,12H,2-7H2,1H3. The summed E-state index contributed by atoms with van der Waals surface area (Å²) in [7, 11) is 1.98. The SMILES string of the molecule is CNCCc1cnc(C2CCCCO2)s1. The Kier molecular flexibility index (Phi) is 4.11. The normalized spacial score (nSPS) is 21.8. The number of nitrogens with zero attached hydrogens (tertiary/aromatic N) is 1. The van der Waals surface area contributed by atoms with E-state index in [4.69, 9.17) is 4.74 Å². The zero-order chi connectivity index (χ0) is 10.5. The van der Waals surface area contributed by atoms with Crippen LogP contribution in [0.3, 0.4) is 0 Å². The van der Waals surface area contributed by atoms with E-state index in [9.17, 15) is 0 Å². The number of thiazole rings is 1. The highest BCUT2D eigenvalue weighted by Gasteiger charge is 2.18. The molecule has 1 N–H and O–H groups in total. The Morgan fingerprint density at radius 1 is 1.60 bits per heavy atom. The van der Waals surface area contributed by atoms with Crippen LogP contribution in [0.25, 0.3) is 0 Å². The van der Waals surface area contributed by atoms with Gasteiger partial charge in [-0.2, -0.15) is 0 Å². The largest absolute Gasteiger partial charge is 0.371 e. The number of hydrogen-bond donors (Lipinski definition) is 1. The fraction of sp³-hybridized carbons (Fsp3) is 0.727. The fourth-order valence-electron chi connectivity index (χ4n) is 1.77. The van der Waals surface area contributed by atoms with Crippen molar-refractivity contribution in [2.24, 2.45) is 0 Å². The Morgan fingerprint density at radius 3 is 3.27 bits per heavy atom. The minimum atomic E-state index is 0.270. The van der Waals surface area contributed by atoms with Crippen LogP contribution < -0.4 is 5.32 Å². The molecule has 2 heterocycles. The van der Waals surface area contributed by atoms with Crippen molar-refractivity contribution >= 4 is 11.3 Å². The fourth-order valence-corrected chi connectivity index (χ4v) is 2.77. The molecule has 1 unspecified atom stereocenters. The zero-order valence-electron chi connectivity index (χ0n) is 9.16. The molecule has 15 heavy (non-hydrogen) atoms. The smallest absolute Gasteiger partial charge is 0.122 e. The van der Waals surface area contributed by atoms with Gasteiger partial charge in [-0.3, -0.25) is 0 Å². The molecule has 0 spiro atoms.